The first-order chi connectivity index (χ1) is 10.1. The van der Waals surface area contributed by atoms with Crippen molar-refractivity contribution >= 4 is 33.8 Å². The average molecular weight is 303 g/mol. The Morgan fingerprint density at radius 3 is 3.24 bits per heavy atom. The normalized spacial score (nSPS) is 18.6. The van der Waals surface area contributed by atoms with Crippen LogP contribution < -0.4 is 0 Å². The zero-order chi connectivity index (χ0) is 14.8. The van der Waals surface area contributed by atoms with Gasteiger partial charge in [-0.25, -0.2) is 4.98 Å². The molecule has 1 unspecified atom stereocenters. The van der Waals surface area contributed by atoms with Crippen LogP contribution in [0.2, 0.25) is 0 Å². The summed E-state index contributed by atoms with van der Waals surface area (Å²) in [5, 5.41) is 1.18. The van der Waals surface area contributed by atoms with Gasteiger partial charge in [0.2, 0.25) is 5.91 Å². The first-order valence-corrected chi connectivity index (χ1v) is 7.94. The van der Waals surface area contributed by atoms with Crippen molar-refractivity contribution in [3.05, 3.63) is 30.1 Å². The average Bonchev–Trinajstić information content (AvgIpc) is 3.02. The van der Waals surface area contributed by atoms with Crippen LogP contribution in [0.3, 0.4) is 0 Å². The van der Waals surface area contributed by atoms with E-state index in [1.807, 2.05) is 23.2 Å². The van der Waals surface area contributed by atoms with Gasteiger partial charge in [0.15, 0.2) is 5.12 Å². The second-order valence-corrected chi connectivity index (χ2v) is 6.56. The fourth-order valence-corrected chi connectivity index (χ4v) is 3.40. The molecule has 1 amide bonds. The van der Waals surface area contributed by atoms with Crippen molar-refractivity contribution in [3.63, 3.8) is 0 Å². The summed E-state index contributed by atoms with van der Waals surface area (Å²) >= 11 is 1.31. The summed E-state index contributed by atoms with van der Waals surface area (Å²) < 4.78 is 0. The molecule has 1 atom stereocenters. The number of fused-ring (bicyclic) bond motifs is 1. The van der Waals surface area contributed by atoms with E-state index < -0.39 is 0 Å². The van der Waals surface area contributed by atoms with Crippen LogP contribution in [0, 0.1) is 5.92 Å². The minimum Gasteiger partial charge on any atom is -0.346 e. The van der Waals surface area contributed by atoms with E-state index in [9.17, 15) is 9.59 Å². The predicted molar refractivity (Wildman–Crippen MR) is 82.8 cm³/mol. The van der Waals surface area contributed by atoms with Crippen LogP contribution in [0.1, 0.15) is 18.9 Å². The largest absolute Gasteiger partial charge is 0.346 e. The van der Waals surface area contributed by atoms with Gasteiger partial charge in [-0.3, -0.25) is 9.59 Å². The van der Waals surface area contributed by atoms with Crippen LogP contribution in [-0.2, 0) is 16.1 Å². The molecule has 1 fully saturated rings. The van der Waals surface area contributed by atoms with Crippen molar-refractivity contribution in [1.82, 2.24) is 14.9 Å². The van der Waals surface area contributed by atoms with E-state index in [-0.39, 0.29) is 16.9 Å². The Labute approximate surface area is 127 Å². The van der Waals surface area contributed by atoms with Gasteiger partial charge in [-0.15, -0.1) is 0 Å². The van der Waals surface area contributed by atoms with Gasteiger partial charge in [0, 0.05) is 50.0 Å². The lowest BCUT2D eigenvalue weighted by Gasteiger charge is -2.16. The Morgan fingerprint density at radius 2 is 2.43 bits per heavy atom. The molecule has 2 aromatic heterocycles. The number of nitrogens with zero attached hydrogens (tertiary/aromatic N) is 2. The van der Waals surface area contributed by atoms with E-state index in [2.05, 4.69) is 9.97 Å². The molecule has 110 valence electrons. The van der Waals surface area contributed by atoms with E-state index in [1.54, 1.807) is 13.1 Å². The maximum Gasteiger partial charge on any atom is 0.223 e. The lowest BCUT2D eigenvalue weighted by Crippen LogP contribution is -2.24. The molecular weight excluding hydrogens is 286 g/mol. The molecule has 1 saturated heterocycles. The van der Waals surface area contributed by atoms with Crippen molar-refractivity contribution in [2.45, 2.75) is 19.9 Å². The van der Waals surface area contributed by atoms with Crippen molar-refractivity contribution < 1.29 is 9.59 Å². The zero-order valence-electron chi connectivity index (χ0n) is 11.8. The highest BCUT2D eigenvalue weighted by atomic mass is 32.2. The molecule has 0 bridgehead atoms. The van der Waals surface area contributed by atoms with Crippen molar-refractivity contribution in [2.75, 3.05) is 12.3 Å². The Balaban J connectivity index is 1.68. The molecule has 1 aliphatic rings. The molecule has 6 heteroatoms. The molecule has 5 nitrogen and oxygen atoms in total. The van der Waals surface area contributed by atoms with Crippen molar-refractivity contribution in [1.29, 1.82) is 0 Å². The van der Waals surface area contributed by atoms with Crippen molar-refractivity contribution in [2.24, 2.45) is 5.92 Å². The first kappa shape index (κ1) is 14.1. The SMILES string of the molecule is CC(=O)SCC1CC(=O)N(Cc2c[nH]c3ncccc23)C1. The number of likely N-dealkylation sites (tertiary alicyclic amines) is 1. The smallest absolute Gasteiger partial charge is 0.223 e. The number of amides is 1. The topological polar surface area (TPSA) is 66.1 Å². The molecule has 0 aromatic carbocycles. The van der Waals surface area contributed by atoms with Gasteiger partial charge in [0.1, 0.15) is 5.65 Å². The van der Waals surface area contributed by atoms with Crippen LogP contribution in [0.15, 0.2) is 24.5 Å². The van der Waals surface area contributed by atoms with Gasteiger partial charge in [-0.1, -0.05) is 11.8 Å². The highest BCUT2D eigenvalue weighted by Gasteiger charge is 2.30. The molecule has 1 aliphatic heterocycles. The van der Waals surface area contributed by atoms with Crippen LogP contribution in [0.4, 0.5) is 0 Å². The number of aromatic nitrogens is 2. The number of carbonyl (C=O) groups excluding carboxylic acids is 2. The number of hydrogen-bond donors (Lipinski definition) is 1. The number of rotatable bonds is 4. The molecule has 0 radical (unpaired) electrons. The molecule has 21 heavy (non-hydrogen) atoms. The van der Waals surface area contributed by atoms with Gasteiger partial charge in [0.05, 0.1) is 0 Å². The Bertz CT molecular complexity index is 682. The summed E-state index contributed by atoms with van der Waals surface area (Å²) in [4.78, 5) is 32.4. The molecule has 3 heterocycles. The van der Waals surface area contributed by atoms with Crippen LogP contribution in [0.5, 0.6) is 0 Å². The molecule has 3 rings (SSSR count). The fourth-order valence-electron chi connectivity index (χ4n) is 2.70. The third kappa shape index (κ3) is 3.10. The third-order valence-corrected chi connectivity index (χ3v) is 4.76. The summed E-state index contributed by atoms with van der Waals surface area (Å²) in [5.74, 6) is 1.17. The molecule has 2 aromatic rings. The van der Waals surface area contributed by atoms with E-state index in [0.717, 1.165) is 28.9 Å². The van der Waals surface area contributed by atoms with Gasteiger partial charge >= 0.3 is 0 Å². The highest BCUT2D eigenvalue weighted by Crippen LogP contribution is 2.25. The summed E-state index contributed by atoms with van der Waals surface area (Å²) in [6, 6.07) is 3.91. The lowest BCUT2D eigenvalue weighted by atomic mass is 10.1. The summed E-state index contributed by atoms with van der Waals surface area (Å²) in [6.07, 6.45) is 4.21. The number of nitrogens with one attached hydrogen (secondary N) is 1. The minimum absolute atomic E-state index is 0.114. The monoisotopic (exact) mass is 303 g/mol. The molecule has 0 aliphatic carbocycles. The number of pyridine rings is 1. The van der Waals surface area contributed by atoms with Crippen LogP contribution >= 0.6 is 11.8 Å². The summed E-state index contributed by atoms with van der Waals surface area (Å²) in [6.45, 7) is 2.90. The van der Waals surface area contributed by atoms with E-state index in [4.69, 9.17) is 0 Å². The van der Waals surface area contributed by atoms with E-state index >= 15 is 0 Å². The maximum atomic E-state index is 12.1. The number of thioether (sulfide) groups is 1. The first-order valence-electron chi connectivity index (χ1n) is 6.95. The van der Waals surface area contributed by atoms with Gasteiger partial charge in [0.25, 0.3) is 0 Å². The highest BCUT2D eigenvalue weighted by molar-refractivity contribution is 8.13. The molecule has 0 spiro atoms. The van der Waals surface area contributed by atoms with E-state index in [1.165, 1.54) is 11.8 Å². The molecule has 0 saturated carbocycles. The number of aromatic amines is 1. The Morgan fingerprint density at radius 1 is 1.57 bits per heavy atom. The summed E-state index contributed by atoms with van der Waals surface area (Å²) in [5.41, 5.74) is 1.94. The quantitative estimate of drug-likeness (QED) is 0.940. The predicted octanol–water partition coefficient (Wildman–Crippen LogP) is 2.19. The zero-order valence-corrected chi connectivity index (χ0v) is 12.7. The van der Waals surface area contributed by atoms with Crippen LogP contribution in [0.25, 0.3) is 11.0 Å². The van der Waals surface area contributed by atoms with Crippen molar-refractivity contribution in [3.8, 4) is 0 Å². The summed E-state index contributed by atoms with van der Waals surface area (Å²) in [7, 11) is 0. The third-order valence-electron chi connectivity index (χ3n) is 3.71. The lowest BCUT2D eigenvalue weighted by molar-refractivity contribution is -0.128. The minimum atomic E-state index is 0.114. The Kier molecular flexibility index (Phi) is 3.96. The number of carbonyl (C=O) groups is 2. The fraction of sp³-hybridized carbons (Fsp3) is 0.400. The second kappa shape index (κ2) is 5.89. The number of hydrogen-bond acceptors (Lipinski definition) is 4. The maximum absolute atomic E-state index is 12.1. The van der Waals surface area contributed by atoms with Gasteiger partial charge in [-0.05, 0) is 23.6 Å². The van der Waals surface area contributed by atoms with Gasteiger partial charge in [-0.2, -0.15) is 0 Å². The number of H-pyrrole nitrogens is 1. The van der Waals surface area contributed by atoms with Gasteiger partial charge < -0.3 is 9.88 Å². The van der Waals surface area contributed by atoms with E-state index in [0.29, 0.717) is 13.0 Å². The Hall–Kier alpha value is -1.82. The molecule has 1 N–H and O–H groups in total. The molecular formula is C15H17N3O2S. The van der Waals surface area contributed by atoms with Crippen LogP contribution in [-0.4, -0.2) is 38.2 Å². The standard InChI is InChI=1S/C15H17N3O2S/c1-10(19)21-9-11-5-14(20)18(7-11)8-12-6-17-15-13(12)3-2-4-16-15/h2-4,6,11H,5,7-9H2,1H3,(H,16,17). The second-order valence-electron chi connectivity index (χ2n) is 5.36.